The summed E-state index contributed by atoms with van der Waals surface area (Å²) in [5.41, 5.74) is 0.492. The van der Waals surface area contributed by atoms with E-state index >= 15 is 0 Å². The summed E-state index contributed by atoms with van der Waals surface area (Å²) in [6, 6.07) is 5.76. The highest BCUT2D eigenvalue weighted by Gasteiger charge is 2.62. The first-order valence-electron chi connectivity index (χ1n) is 13.9. The second kappa shape index (κ2) is 15.9. The third-order valence-corrected chi connectivity index (χ3v) is 6.68. The number of carbonyl (C=O) groups excluding carboxylic acids is 5. The van der Waals surface area contributed by atoms with E-state index in [-0.39, 0.29) is 5.75 Å². The van der Waals surface area contributed by atoms with Crippen molar-refractivity contribution in [1.82, 2.24) is 0 Å². The molecule has 0 radical (unpaired) electrons. The zero-order valence-electron chi connectivity index (χ0n) is 25.3. The molecule has 0 aromatic heterocycles. The Morgan fingerprint density at radius 3 is 1.91 bits per heavy atom. The molecule has 2 saturated heterocycles. The zero-order valence-corrected chi connectivity index (χ0v) is 25.3. The van der Waals surface area contributed by atoms with E-state index < -0.39 is 104 Å². The van der Waals surface area contributed by atoms with Crippen molar-refractivity contribution in [3.05, 3.63) is 35.9 Å². The van der Waals surface area contributed by atoms with Gasteiger partial charge in [-0.15, -0.1) is 0 Å². The number of hydrogen-bond acceptors (Lipinski definition) is 17. The molecular formula is C29H36O17. The predicted octanol–water partition coefficient (Wildman–Crippen LogP) is -1.14. The maximum Gasteiger partial charge on any atom is 0.331 e. The summed E-state index contributed by atoms with van der Waals surface area (Å²) in [4.78, 5) is 59.7. The van der Waals surface area contributed by atoms with E-state index in [1.807, 2.05) is 0 Å². The summed E-state index contributed by atoms with van der Waals surface area (Å²) in [6.45, 7) is 1.92. The molecule has 1 aromatic carbocycles. The Morgan fingerprint density at radius 2 is 1.37 bits per heavy atom. The number of benzene rings is 1. The molecular weight excluding hydrogens is 620 g/mol. The van der Waals surface area contributed by atoms with Crippen LogP contribution in [-0.2, 0) is 61.9 Å². The van der Waals surface area contributed by atoms with E-state index in [4.69, 9.17) is 37.9 Å². The van der Waals surface area contributed by atoms with Crippen molar-refractivity contribution in [1.29, 1.82) is 0 Å². The Bertz CT molecular complexity index is 1280. The van der Waals surface area contributed by atoms with Crippen LogP contribution in [-0.4, -0.2) is 125 Å². The molecule has 0 spiro atoms. The summed E-state index contributed by atoms with van der Waals surface area (Å²) in [5.74, 6) is -6.84. The van der Waals surface area contributed by atoms with Crippen LogP contribution in [0.5, 0.6) is 5.75 Å². The number of ether oxygens (including phenoxy) is 8. The third-order valence-electron chi connectivity index (χ3n) is 6.68. The molecule has 2 fully saturated rings. The lowest BCUT2D eigenvalue weighted by atomic mass is 9.98. The molecule has 2 aliphatic heterocycles. The molecule has 17 nitrogen and oxygen atoms in total. The maximum atomic E-state index is 12.9. The van der Waals surface area contributed by atoms with Crippen LogP contribution in [0, 0.1) is 0 Å². The number of carbonyl (C=O) groups is 5. The van der Waals surface area contributed by atoms with Gasteiger partial charge >= 0.3 is 29.8 Å². The predicted molar refractivity (Wildman–Crippen MR) is 148 cm³/mol. The molecule has 9 unspecified atom stereocenters. The highest BCUT2D eigenvalue weighted by atomic mass is 16.8. The van der Waals surface area contributed by atoms with Gasteiger partial charge in [0.05, 0.1) is 0 Å². The molecule has 0 bridgehead atoms. The Morgan fingerprint density at radius 1 is 0.804 bits per heavy atom. The van der Waals surface area contributed by atoms with E-state index in [1.165, 1.54) is 30.3 Å². The molecule has 2 heterocycles. The van der Waals surface area contributed by atoms with Gasteiger partial charge in [0.2, 0.25) is 5.79 Å². The molecule has 9 atom stereocenters. The molecule has 0 saturated carbocycles. The third kappa shape index (κ3) is 9.44. The van der Waals surface area contributed by atoms with Gasteiger partial charge in [-0.1, -0.05) is 12.1 Å². The number of aliphatic hydroxyl groups excluding tert-OH is 3. The Balaban J connectivity index is 1.96. The van der Waals surface area contributed by atoms with Gasteiger partial charge in [0.15, 0.2) is 24.6 Å². The van der Waals surface area contributed by atoms with Crippen LogP contribution in [0.1, 0.15) is 33.3 Å². The molecule has 0 amide bonds. The second-order valence-electron chi connectivity index (χ2n) is 10.3. The first-order valence-corrected chi connectivity index (χ1v) is 13.9. The number of phenols is 1. The van der Waals surface area contributed by atoms with Gasteiger partial charge in [0, 0.05) is 33.8 Å². The van der Waals surface area contributed by atoms with Crippen molar-refractivity contribution in [3.8, 4) is 5.75 Å². The van der Waals surface area contributed by atoms with Crippen LogP contribution < -0.4 is 0 Å². The molecule has 46 heavy (non-hydrogen) atoms. The number of hydrogen-bond donors (Lipinski definition) is 4. The summed E-state index contributed by atoms with van der Waals surface area (Å²) in [5, 5.41) is 42.3. The largest absolute Gasteiger partial charge is 0.508 e. The van der Waals surface area contributed by atoms with Gasteiger partial charge in [-0.25, -0.2) is 4.79 Å². The summed E-state index contributed by atoms with van der Waals surface area (Å²) < 4.78 is 43.1. The molecule has 17 heteroatoms. The minimum absolute atomic E-state index is 0.00742. The van der Waals surface area contributed by atoms with E-state index in [0.29, 0.717) is 5.56 Å². The number of aromatic hydroxyl groups is 1. The summed E-state index contributed by atoms with van der Waals surface area (Å²) in [6.07, 6.45) is -11.3. The fourth-order valence-electron chi connectivity index (χ4n) is 4.69. The van der Waals surface area contributed by atoms with Gasteiger partial charge in [0.1, 0.15) is 50.0 Å². The van der Waals surface area contributed by atoms with Crippen molar-refractivity contribution < 1.29 is 82.3 Å². The Labute approximate surface area is 262 Å². The molecule has 0 aliphatic carbocycles. The first-order chi connectivity index (χ1) is 21.6. The Kier molecular flexibility index (Phi) is 12.6. The summed E-state index contributed by atoms with van der Waals surface area (Å²) in [7, 11) is 0. The minimum Gasteiger partial charge on any atom is -0.508 e. The van der Waals surface area contributed by atoms with E-state index in [0.717, 1.165) is 33.8 Å². The van der Waals surface area contributed by atoms with Crippen LogP contribution in [0.4, 0.5) is 0 Å². The molecule has 1 aromatic rings. The fraction of sp³-hybridized carbons (Fsp3) is 0.552. The van der Waals surface area contributed by atoms with Gasteiger partial charge in [-0.3, -0.25) is 19.2 Å². The second-order valence-corrected chi connectivity index (χ2v) is 10.3. The standard InChI is InChI=1S/C29H36O17/c1-14(31)39-11-20-23(37)27(44-22(36)10-7-18-5-8-19(35)9-6-18)29(13-30,45-20)46-28-24(38)26(42-17(4)34)25(41-16(3)33)21(43-28)12-40-15(2)32/h5-10,20-21,23-28,30,35,37-38H,11-13H2,1-4H3. The molecule has 254 valence electrons. The molecule has 3 rings (SSSR count). The van der Waals surface area contributed by atoms with E-state index in [2.05, 4.69) is 0 Å². The average molecular weight is 657 g/mol. The lowest BCUT2D eigenvalue weighted by Crippen LogP contribution is -2.64. The smallest absolute Gasteiger partial charge is 0.331 e. The summed E-state index contributed by atoms with van der Waals surface area (Å²) >= 11 is 0. The SMILES string of the molecule is CC(=O)OCC1OC(CO)(OC2OC(COC(C)=O)C(OC(C)=O)C(OC(C)=O)C2O)C(OC(=O)C=Cc2ccc(O)cc2)C1O. The number of esters is 5. The number of aliphatic hydroxyl groups is 3. The van der Waals surface area contributed by atoms with Crippen molar-refractivity contribution in [2.75, 3.05) is 19.8 Å². The monoisotopic (exact) mass is 656 g/mol. The quantitative estimate of drug-likeness (QED) is 0.118. The molecule has 4 N–H and O–H groups in total. The van der Waals surface area contributed by atoms with Crippen molar-refractivity contribution in [3.63, 3.8) is 0 Å². The highest BCUT2D eigenvalue weighted by molar-refractivity contribution is 5.87. The van der Waals surface area contributed by atoms with Crippen LogP contribution in [0.3, 0.4) is 0 Å². The van der Waals surface area contributed by atoms with E-state index in [9.17, 15) is 44.4 Å². The molecule has 2 aliphatic rings. The fourth-order valence-corrected chi connectivity index (χ4v) is 4.69. The van der Waals surface area contributed by atoms with E-state index in [1.54, 1.807) is 0 Å². The number of phenolic OH excluding ortho intramolecular Hbond substituents is 1. The van der Waals surface area contributed by atoms with Crippen LogP contribution >= 0.6 is 0 Å². The topological polar surface area (TPSA) is 240 Å². The number of rotatable bonds is 12. The van der Waals surface area contributed by atoms with Crippen molar-refractivity contribution in [2.24, 2.45) is 0 Å². The van der Waals surface area contributed by atoms with Crippen LogP contribution in [0.25, 0.3) is 6.08 Å². The van der Waals surface area contributed by atoms with Gasteiger partial charge in [-0.2, -0.15) is 0 Å². The minimum atomic E-state index is -2.50. The zero-order chi connectivity index (χ0) is 34.2. The van der Waals surface area contributed by atoms with Gasteiger partial charge < -0.3 is 58.3 Å². The maximum absolute atomic E-state index is 12.9. The van der Waals surface area contributed by atoms with Crippen LogP contribution in [0.2, 0.25) is 0 Å². The first kappa shape index (κ1) is 36.3. The normalized spacial score (nSPS) is 30.8. The van der Waals surface area contributed by atoms with Gasteiger partial charge in [-0.05, 0) is 23.8 Å². The Hall–Kier alpha value is -4.13. The van der Waals surface area contributed by atoms with Crippen molar-refractivity contribution in [2.45, 2.75) is 82.5 Å². The van der Waals surface area contributed by atoms with Crippen LogP contribution in [0.15, 0.2) is 30.3 Å². The average Bonchev–Trinajstić information content (AvgIpc) is 3.23. The van der Waals surface area contributed by atoms with Crippen molar-refractivity contribution >= 4 is 35.9 Å². The van der Waals surface area contributed by atoms with Gasteiger partial charge in [0.25, 0.3) is 0 Å². The highest BCUT2D eigenvalue weighted by Crippen LogP contribution is 2.39. The lowest BCUT2D eigenvalue weighted by Gasteiger charge is -2.45. The lowest BCUT2D eigenvalue weighted by molar-refractivity contribution is -0.383.